The highest BCUT2D eigenvalue weighted by molar-refractivity contribution is 5.83. The van der Waals surface area contributed by atoms with Crippen LogP contribution in [0.2, 0.25) is 0 Å². The maximum absolute atomic E-state index is 9.77. The Morgan fingerprint density at radius 2 is 1.60 bits per heavy atom. The summed E-state index contributed by atoms with van der Waals surface area (Å²) < 4.78 is 0. The molecule has 0 amide bonds. The van der Waals surface area contributed by atoms with E-state index in [4.69, 9.17) is 26.2 Å². The number of carboxylic acid groups (broad SMARTS) is 2. The second-order valence-corrected chi connectivity index (χ2v) is 5.69. The predicted octanol–water partition coefficient (Wildman–Crippen LogP) is -1.45. The number of nitrogens with two attached hydrogens (primary N) is 1. The Hall–Kier alpha value is -1.22. The summed E-state index contributed by atoms with van der Waals surface area (Å²) in [6.07, 6.45) is -3.39. The third-order valence-corrected chi connectivity index (χ3v) is 3.31. The number of piperidine rings is 1. The molecule has 0 bridgehead atoms. The zero-order valence-electron chi connectivity index (χ0n) is 12.0. The predicted molar refractivity (Wildman–Crippen MR) is 71.2 cm³/mol. The van der Waals surface area contributed by atoms with Crippen LogP contribution in [0.1, 0.15) is 20.3 Å². The van der Waals surface area contributed by atoms with Crippen molar-refractivity contribution >= 4 is 11.9 Å². The van der Waals surface area contributed by atoms with Gasteiger partial charge in [-0.05, 0) is 25.4 Å². The van der Waals surface area contributed by atoms with Crippen molar-refractivity contribution in [3.63, 3.8) is 0 Å². The minimum Gasteiger partial charge on any atom is -0.479 e. The second-order valence-electron chi connectivity index (χ2n) is 5.69. The Labute approximate surface area is 117 Å². The van der Waals surface area contributed by atoms with Crippen LogP contribution in [0.3, 0.4) is 0 Å². The minimum atomic E-state index is -2.27. The number of likely N-dealkylation sites (tertiary alicyclic amines) is 1. The molecule has 1 aliphatic rings. The van der Waals surface area contributed by atoms with E-state index in [0.29, 0.717) is 11.5 Å². The molecule has 3 atom stereocenters. The van der Waals surface area contributed by atoms with Crippen LogP contribution in [-0.2, 0) is 9.59 Å². The lowest BCUT2D eigenvalue weighted by atomic mass is 9.80. The van der Waals surface area contributed by atoms with Gasteiger partial charge in [-0.1, -0.05) is 13.8 Å². The molecule has 1 saturated heterocycles. The van der Waals surface area contributed by atoms with Crippen LogP contribution in [0.4, 0.5) is 0 Å². The highest BCUT2D eigenvalue weighted by atomic mass is 16.4. The lowest BCUT2D eigenvalue weighted by Gasteiger charge is -2.40. The van der Waals surface area contributed by atoms with E-state index in [-0.39, 0.29) is 0 Å². The van der Waals surface area contributed by atoms with Gasteiger partial charge < -0.3 is 31.1 Å². The SMILES string of the molecule is CN1CC[C@H](N)C(C)(C)C1.O=C(O)[C@H](O)[C@@H](O)C(=O)O. The molecule has 8 heteroatoms. The normalized spacial score (nSPS) is 25.0. The van der Waals surface area contributed by atoms with Gasteiger partial charge in [0.2, 0.25) is 0 Å². The summed E-state index contributed by atoms with van der Waals surface area (Å²) in [6, 6.07) is 0.392. The standard InChI is InChI=1S/C8H18N2.C4H6O6/c1-8(2)6-10(3)5-4-7(8)9;5-1(3(7)8)2(6)4(9)10/h7H,4-6,9H2,1-3H3;1-2,5-6H,(H,7,8)(H,9,10)/t7-;1-,2-/m01/s1. The molecule has 1 rings (SSSR count). The summed E-state index contributed by atoms with van der Waals surface area (Å²) >= 11 is 0. The summed E-state index contributed by atoms with van der Waals surface area (Å²) in [5.74, 6) is -3.54. The number of carboxylic acids is 2. The number of aliphatic hydroxyl groups is 2. The smallest absolute Gasteiger partial charge is 0.335 e. The van der Waals surface area contributed by atoms with Crippen LogP contribution in [0.5, 0.6) is 0 Å². The van der Waals surface area contributed by atoms with Crippen molar-refractivity contribution in [3.05, 3.63) is 0 Å². The van der Waals surface area contributed by atoms with Crippen LogP contribution in [-0.4, -0.2) is 75.7 Å². The zero-order valence-corrected chi connectivity index (χ0v) is 12.0. The Morgan fingerprint density at radius 3 is 1.85 bits per heavy atom. The van der Waals surface area contributed by atoms with E-state index in [1.54, 1.807) is 0 Å². The molecule has 0 spiro atoms. The molecule has 0 aromatic rings. The first-order chi connectivity index (χ1) is 8.99. The molecule has 0 aromatic carbocycles. The van der Waals surface area contributed by atoms with Gasteiger partial charge >= 0.3 is 11.9 Å². The third-order valence-electron chi connectivity index (χ3n) is 3.31. The number of aliphatic hydroxyl groups excluding tert-OH is 2. The fourth-order valence-electron chi connectivity index (χ4n) is 1.91. The van der Waals surface area contributed by atoms with E-state index < -0.39 is 24.1 Å². The van der Waals surface area contributed by atoms with Crippen molar-refractivity contribution in [2.45, 2.75) is 38.5 Å². The number of rotatable bonds is 3. The third kappa shape index (κ3) is 5.83. The van der Waals surface area contributed by atoms with Gasteiger partial charge in [-0.3, -0.25) is 0 Å². The lowest BCUT2D eigenvalue weighted by Crippen LogP contribution is -2.51. The molecule has 1 fully saturated rings. The van der Waals surface area contributed by atoms with Crippen LogP contribution in [0.15, 0.2) is 0 Å². The zero-order chi connectivity index (χ0) is 16.1. The largest absolute Gasteiger partial charge is 0.479 e. The fraction of sp³-hybridized carbons (Fsp3) is 0.833. The van der Waals surface area contributed by atoms with Gasteiger partial charge in [0, 0.05) is 12.6 Å². The van der Waals surface area contributed by atoms with E-state index in [1.165, 1.54) is 0 Å². The van der Waals surface area contributed by atoms with Crippen LogP contribution in [0.25, 0.3) is 0 Å². The Bertz CT molecular complexity index is 329. The molecule has 1 aliphatic heterocycles. The van der Waals surface area contributed by atoms with Crippen LogP contribution >= 0.6 is 0 Å². The van der Waals surface area contributed by atoms with Gasteiger partial charge in [0.1, 0.15) is 0 Å². The number of carbonyl (C=O) groups is 2. The fourth-order valence-corrected chi connectivity index (χ4v) is 1.91. The van der Waals surface area contributed by atoms with Gasteiger partial charge in [0.25, 0.3) is 0 Å². The van der Waals surface area contributed by atoms with Gasteiger partial charge in [-0.15, -0.1) is 0 Å². The van der Waals surface area contributed by atoms with E-state index in [9.17, 15) is 9.59 Å². The highest BCUT2D eigenvalue weighted by Gasteiger charge is 2.31. The van der Waals surface area contributed by atoms with Crippen LogP contribution < -0.4 is 5.73 Å². The summed E-state index contributed by atoms with van der Waals surface area (Å²) in [5, 5.41) is 32.5. The molecular formula is C12H24N2O6. The molecule has 6 N–H and O–H groups in total. The van der Waals surface area contributed by atoms with Crippen molar-refractivity contribution in [1.29, 1.82) is 0 Å². The number of aliphatic carboxylic acids is 2. The molecule has 1 heterocycles. The maximum Gasteiger partial charge on any atom is 0.335 e. The Morgan fingerprint density at radius 1 is 1.20 bits per heavy atom. The van der Waals surface area contributed by atoms with E-state index in [0.717, 1.165) is 19.5 Å². The topological polar surface area (TPSA) is 144 Å². The average Bonchev–Trinajstić information content (AvgIpc) is 2.32. The average molecular weight is 292 g/mol. The van der Waals surface area contributed by atoms with Gasteiger partial charge in [-0.25, -0.2) is 9.59 Å². The summed E-state index contributed by atoms with van der Waals surface area (Å²) in [4.78, 5) is 21.9. The minimum absolute atomic E-state index is 0.312. The highest BCUT2D eigenvalue weighted by Crippen LogP contribution is 2.26. The van der Waals surface area contributed by atoms with Gasteiger partial charge in [-0.2, -0.15) is 0 Å². The van der Waals surface area contributed by atoms with Crippen LogP contribution in [0, 0.1) is 5.41 Å². The van der Waals surface area contributed by atoms with Gasteiger partial charge in [0.15, 0.2) is 12.2 Å². The maximum atomic E-state index is 9.77. The first kappa shape index (κ1) is 18.8. The number of hydrogen-bond donors (Lipinski definition) is 5. The number of hydrogen-bond acceptors (Lipinski definition) is 6. The van der Waals surface area contributed by atoms with Gasteiger partial charge in [0.05, 0.1) is 0 Å². The lowest BCUT2D eigenvalue weighted by molar-refractivity contribution is -0.165. The molecular weight excluding hydrogens is 268 g/mol. The van der Waals surface area contributed by atoms with Crippen molar-refractivity contribution < 1.29 is 30.0 Å². The van der Waals surface area contributed by atoms with E-state index in [1.807, 2.05) is 0 Å². The summed E-state index contributed by atoms with van der Waals surface area (Å²) in [7, 11) is 2.16. The van der Waals surface area contributed by atoms with Crippen molar-refractivity contribution in [3.8, 4) is 0 Å². The Balaban J connectivity index is 0.000000361. The summed E-state index contributed by atoms with van der Waals surface area (Å²) in [6.45, 7) is 6.78. The quantitative estimate of drug-likeness (QED) is 0.425. The van der Waals surface area contributed by atoms with Crippen molar-refractivity contribution in [1.82, 2.24) is 4.90 Å². The van der Waals surface area contributed by atoms with Crippen molar-refractivity contribution in [2.75, 3.05) is 20.1 Å². The molecule has 0 saturated carbocycles. The molecule has 118 valence electrons. The first-order valence-electron chi connectivity index (χ1n) is 6.25. The monoisotopic (exact) mass is 292 g/mol. The molecule has 0 unspecified atom stereocenters. The molecule has 8 nitrogen and oxygen atoms in total. The molecule has 0 radical (unpaired) electrons. The number of nitrogens with zero attached hydrogens (tertiary/aromatic N) is 1. The second kappa shape index (κ2) is 7.53. The molecule has 0 aromatic heterocycles. The summed E-state index contributed by atoms with van der Waals surface area (Å²) in [5.41, 5.74) is 6.26. The van der Waals surface area contributed by atoms with E-state index >= 15 is 0 Å². The molecule has 0 aliphatic carbocycles. The Kier molecular flexibility index (Phi) is 7.07. The molecule has 20 heavy (non-hydrogen) atoms. The first-order valence-corrected chi connectivity index (χ1v) is 6.25. The van der Waals surface area contributed by atoms with Crippen molar-refractivity contribution in [2.24, 2.45) is 11.1 Å². The van der Waals surface area contributed by atoms with E-state index in [2.05, 4.69) is 25.8 Å².